The van der Waals surface area contributed by atoms with Gasteiger partial charge in [-0.2, -0.15) is 0 Å². The van der Waals surface area contributed by atoms with E-state index in [4.69, 9.17) is 5.73 Å². The molecular weight excluding hydrogens is 238 g/mol. The van der Waals surface area contributed by atoms with Crippen LogP contribution in [0.5, 0.6) is 0 Å². The third-order valence-electron chi connectivity index (χ3n) is 3.17. The third-order valence-corrected chi connectivity index (χ3v) is 3.17. The molecule has 2 atom stereocenters. The predicted octanol–water partition coefficient (Wildman–Crippen LogP) is 0.607. The molecule has 0 bridgehead atoms. The summed E-state index contributed by atoms with van der Waals surface area (Å²) in [5.41, 5.74) is 4.72. The Morgan fingerprint density at radius 3 is 2.67 bits per heavy atom. The number of nitrogens with one attached hydrogen (secondary N) is 1. The molecule has 0 aliphatic heterocycles. The first-order valence-corrected chi connectivity index (χ1v) is 6.19. The summed E-state index contributed by atoms with van der Waals surface area (Å²) in [6.45, 7) is 3.61. The second-order valence-corrected chi connectivity index (χ2v) is 5.34. The normalized spacial score (nSPS) is 24.4. The minimum Gasteiger partial charge on any atom is -0.354 e. The van der Waals surface area contributed by atoms with E-state index in [1.807, 2.05) is 0 Å². The molecule has 0 unspecified atom stereocenters. The van der Waals surface area contributed by atoms with Gasteiger partial charge in [0.25, 0.3) is 5.09 Å². The molecule has 0 saturated heterocycles. The molecule has 0 heterocycles. The molecule has 1 saturated carbocycles. The van der Waals surface area contributed by atoms with Gasteiger partial charge in [0.2, 0.25) is 5.91 Å². The van der Waals surface area contributed by atoms with Gasteiger partial charge in [0.1, 0.15) is 6.10 Å². The monoisotopic (exact) mass is 259 g/mol. The molecule has 18 heavy (non-hydrogen) atoms. The summed E-state index contributed by atoms with van der Waals surface area (Å²) in [6.07, 6.45) is 2.99. The maximum atomic E-state index is 11.6. The van der Waals surface area contributed by atoms with Crippen molar-refractivity contribution in [1.29, 1.82) is 0 Å². The fourth-order valence-corrected chi connectivity index (χ4v) is 2.11. The van der Waals surface area contributed by atoms with Gasteiger partial charge in [0.15, 0.2) is 0 Å². The molecule has 7 heteroatoms. The largest absolute Gasteiger partial charge is 0.354 e. The SMILES string of the molecule is CC(C)(N)C(=O)NC[C@@H]1CCCC[C@H]1O[N+](=O)[O-]. The zero-order chi connectivity index (χ0) is 13.8. The minimum absolute atomic E-state index is 0.0181. The van der Waals surface area contributed by atoms with Gasteiger partial charge in [-0.05, 0) is 26.7 Å². The van der Waals surface area contributed by atoms with Gasteiger partial charge in [-0.15, -0.1) is 10.1 Å². The Morgan fingerprint density at radius 2 is 2.11 bits per heavy atom. The van der Waals surface area contributed by atoms with Crippen molar-refractivity contribution in [3.05, 3.63) is 10.1 Å². The van der Waals surface area contributed by atoms with Crippen molar-refractivity contribution in [3.63, 3.8) is 0 Å². The summed E-state index contributed by atoms with van der Waals surface area (Å²) in [6, 6.07) is 0. The molecule has 1 rings (SSSR count). The Labute approximate surface area is 106 Å². The van der Waals surface area contributed by atoms with Gasteiger partial charge in [0.05, 0.1) is 5.54 Å². The van der Waals surface area contributed by atoms with Crippen molar-refractivity contribution in [1.82, 2.24) is 5.32 Å². The topological polar surface area (TPSA) is 107 Å². The zero-order valence-corrected chi connectivity index (χ0v) is 10.8. The smallest absolute Gasteiger partial charge is 0.294 e. The lowest BCUT2D eigenvalue weighted by molar-refractivity contribution is -0.771. The van der Waals surface area contributed by atoms with Crippen LogP contribution >= 0.6 is 0 Å². The molecule has 1 aliphatic rings. The summed E-state index contributed by atoms with van der Waals surface area (Å²) in [7, 11) is 0. The standard InChI is InChI=1S/C11H21N3O4/c1-11(2,12)10(15)13-7-8-5-3-4-6-9(8)18-14(16)17/h8-9H,3-7,12H2,1-2H3,(H,13,15)/t8-,9+/m0/s1. The van der Waals surface area contributed by atoms with Crippen LogP contribution in [0.15, 0.2) is 0 Å². The Kier molecular flexibility index (Phi) is 4.89. The van der Waals surface area contributed by atoms with Crippen molar-refractivity contribution >= 4 is 5.91 Å². The molecule has 1 aliphatic carbocycles. The van der Waals surface area contributed by atoms with E-state index in [2.05, 4.69) is 10.2 Å². The second-order valence-electron chi connectivity index (χ2n) is 5.34. The van der Waals surface area contributed by atoms with Crippen molar-refractivity contribution in [2.45, 2.75) is 51.2 Å². The molecule has 0 aromatic heterocycles. The van der Waals surface area contributed by atoms with Crippen molar-refractivity contribution < 1.29 is 14.7 Å². The van der Waals surface area contributed by atoms with E-state index in [0.717, 1.165) is 19.3 Å². The number of nitrogens with two attached hydrogens (primary N) is 1. The average Bonchev–Trinajstić information content (AvgIpc) is 2.25. The van der Waals surface area contributed by atoms with Crippen LogP contribution in [0.4, 0.5) is 0 Å². The lowest BCUT2D eigenvalue weighted by Crippen LogP contribution is -2.51. The van der Waals surface area contributed by atoms with E-state index >= 15 is 0 Å². The van der Waals surface area contributed by atoms with Crippen LogP contribution in [0.25, 0.3) is 0 Å². The minimum atomic E-state index is -0.936. The first-order valence-electron chi connectivity index (χ1n) is 6.19. The Morgan fingerprint density at radius 1 is 1.50 bits per heavy atom. The van der Waals surface area contributed by atoms with E-state index in [-0.39, 0.29) is 11.8 Å². The van der Waals surface area contributed by atoms with Crippen LogP contribution in [-0.2, 0) is 9.63 Å². The average molecular weight is 259 g/mol. The lowest BCUT2D eigenvalue weighted by atomic mass is 9.86. The second kappa shape index (κ2) is 5.99. The third kappa shape index (κ3) is 4.48. The number of hydrogen-bond donors (Lipinski definition) is 2. The number of amides is 1. The van der Waals surface area contributed by atoms with Crippen molar-refractivity contribution in [2.24, 2.45) is 11.7 Å². The summed E-state index contributed by atoms with van der Waals surface area (Å²) >= 11 is 0. The maximum Gasteiger partial charge on any atom is 0.294 e. The molecule has 0 aromatic carbocycles. The van der Waals surface area contributed by atoms with Crippen LogP contribution < -0.4 is 11.1 Å². The number of hydrogen-bond acceptors (Lipinski definition) is 5. The molecule has 0 aromatic rings. The van der Waals surface area contributed by atoms with Crippen LogP contribution in [0.1, 0.15) is 39.5 Å². The van der Waals surface area contributed by atoms with Crippen LogP contribution in [0.2, 0.25) is 0 Å². The Balaban J connectivity index is 2.47. The molecule has 3 N–H and O–H groups in total. The molecular formula is C11H21N3O4. The fraction of sp³-hybridized carbons (Fsp3) is 0.909. The number of rotatable bonds is 5. The first-order chi connectivity index (χ1) is 8.30. The molecule has 0 radical (unpaired) electrons. The summed E-state index contributed by atoms with van der Waals surface area (Å²) in [5, 5.41) is 12.4. The predicted molar refractivity (Wildman–Crippen MR) is 65.1 cm³/mol. The highest BCUT2D eigenvalue weighted by atomic mass is 17.0. The molecule has 1 amide bonds. The Hall–Kier alpha value is -1.37. The van der Waals surface area contributed by atoms with E-state index in [1.165, 1.54) is 0 Å². The van der Waals surface area contributed by atoms with E-state index < -0.39 is 16.7 Å². The summed E-state index contributed by atoms with van der Waals surface area (Å²) < 4.78 is 0. The summed E-state index contributed by atoms with van der Waals surface area (Å²) in [4.78, 5) is 26.7. The number of carbonyl (C=O) groups excluding carboxylic acids is 1. The Bertz CT molecular complexity index is 314. The highest BCUT2D eigenvalue weighted by molar-refractivity contribution is 5.84. The fourth-order valence-electron chi connectivity index (χ4n) is 2.11. The van der Waals surface area contributed by atoms with Crippen LogP contribution in [0, 0.1) is 16.0 Å². The molecule has 1 fully saturated rings. The van der Waals surface area contributed by atoms with Gasteiger partial charge in [-0.1, -0.05) is 12.8 Å². The number of carbonyl (C=O) groups is 1. The molecule has 7 nitrogen and oxygen atoms in total. The number of nitrogens with zero attached hydrogens (tertiary/aromatic N) is 1. The van der Waals surface area contributed by atoms with Gasteiger partial charge in [0, 0.05) is 12.5 Å². The van der Waals surface area contributed by atoms with Crippen LogP contribution in [0.3, 0.4) is 0 Å². The molecule has 104 valence electrons. The van der Waals surface area contributed by atoms with Crippen molar-refractivity contribution in [2.75, 3.05) is 6.54 Å². The van der Waals surface area contributed by atoms with Crippen molar-refractivity contribution in [3.8, 4) is 0 Å². The highest BCUT2D eigenvalue weighted by Gasteiger charge is 2.30. The highest BCUT2D eigenvalue weighted by Crippen LogP contribution is 2.26. The van der Waals surface area contributed by atoms with E-state index in [0.29, 0.717) is 13.0 Å². The first kappa shape index (κ1) is 14.7. The van der Waals surface area contributed by atoms with Crippen LogP contribution in [-0.4, -0.2) is 29.2 Å². The lowest BCUT2D eigenvalue weighted by Gasteiger charge is -2.30. The van der Waals surface area contributed by atoms with E-state index in [9.17, 15) is 14.9 Å². The quantitative estimate of drug-likeness (QED) is 0.555. The van der Waals surface area contributed by atoms with Gasteiger partial charge >= 0.3 is 0 Å². The maximum absolute atomic E-state index is 11.6. The van der Waals surface area contributed by atoms with Gasteiger partial charge < -0.3 is 15.9 Å². The van der Waals surface area contributed by atoms with E-state index in [1.54, 1.807) is 13.8 Å². The molecule has 0 spiro atoms. The summed E-state index contributed by atoms with van der Waals surface area (Å²) in [5.74, 6) is -0.275. The zero-order valence-electron chi connectivity index (χ0n) is 10.8. The van der Waals surface area contributed by atoms with Gasteiger partial charge in [-0.3, -0.25) is 4.79 Å². The van der Waals surface area contributed by atoms with Gasteiger partial charge in [-0.25, -0.2) is 0 Å².